The van der Waals surface area contributed by atoms with E-state index in [1.807, 2.05) is 19.2 Å². The van der Waals surface area contributed by atoms with Crippen molar-refractivity contribution in [3.63, 3.8) is 0 Å². The van der Waals surface area contributed by atoms with Gasteiger partial charge in [-0.3, -0.25) is 4.90 Å². The number of nitrogens with one attached hydrogen (secondary N) is 1. The van der Waals surface area contributed by atoms with Crippen LogP contribution >= 0.6 is 0 Å². The second-order valence-electron chi connectivity index (χ2n) is 5.04. The molecule has 1 amide bonds. The summed E-state index contributed by atoms with van der Waals surface area (Å²) in [5, 5.41) is 3.22. The lowest BCUT2D eigenvalue weighted by atomic mass is 10.2. The molecule has 1 aliphatic heterocycles. The van der Waals surface area contributed by atoms with Gasteiger partial charge < -0.3 is 15.0 Å². The predicted molar refractivity (Wildman–Crippen MR) is 82.3 cm³/mol. The standard InChI is InChI=1S/C15H24N4O2/c1-3-16-14-11-13(5-6-17-14)12-18-7-9-19(10-8-18)15(20)21-4-2/h5-6,11H,3-4,7-10,12H2,1-2H3,(H,16,17). The number of aromatic nitrogens is 1. The molecule has 0 bridgehead atoms. The molecule has 0 atom stereocenters. The number of anilines is 1. The number of hydrogen-bond donors (Lipinski definition) is 1. The van der Waals surface area contributed by atoms with Crippen molar-refractivity contribution in [2.75, 3.05) is 44.6 Å². The van der Waals surface area contributed by atoms with Crippen LogP contribution in [0.25, 0.3) is 0 Å². The molecule has 1 aliphatic rings. The lowest BCUT2D eigenvalue weighted by molar-refractivity contribution is 0.0778. The van der Waals surface area contributed by atoms with E-state index in [0.717, 1.165) is 45.1 Å². The van der Waals surface area contributed by atoms with Gasteiger partial charge in [0.05, 0.1) is 6.61 Å². The van der Waals surface area contributed by atoms with Gasteiger partial charge in [-0.1, -0.05) is 0 Å². The Labute approximate surface area is 126 Å². The van der Waals surface area contributed by atoms with E-state index in [4.69, 9.17) is 4.74 Å². The first-order valence-corrected chi connectivity index (χ1v) is 7.55. The summed E-state index contributed by atoms with van der Waals surface area (Å²) in [6.45, 7) is 9.28. The van der Waals surface area contributed by atoms with Crippen LogP contribution in [0.2, 0.25) is 0 Å². The van der Waals surface area contributed by atoms with Crippen molar-refractivity contribution < 1.29 is 9.53 Å². The molecular formula is C15H24N4O2. The number of nitrogens with zero attached hydrogens (tertiary/aromatic N) is 3. The second kappa shape index (κ2) is 7.83. The molecule has 1 aromatic rings. The van der Waals surface area contributed by atoms with Gasteiger partial charge in [0.15, 0.2) is 0 Å². The molecule has 0 radical (unpaired) electrons. The number of carbonyl (C=O) groups excluding carboxylic acids is 1. The molecular weight excluding hydrogens is 268 g/mol. The zero-order valence-electron chi connectivity index (χ0n) is 12.8. The van der Waals surface area contributed by atoms with Crippen LogP contribution in [0.5, 0.6) is 0 Å². The molecule has 6 nitrogen and oxygen atoms in total. The molecule has 1 aromatic heterocycles. The summed E-state index contributed by atoms with van der Waals surface area (Å²) >= 11 is 0. The van der Waals surface area contributed by atoms with Crippen molar-refractivity contribution >= 4 is 11.9 Å². The highest BCUT2D eigenvalue weighted by atomic mass is 16.6. The van der Waals surface area contributed by atoms with Crippen LogP contribution in [0.4, 0.5) is 10.6 Å². The summed E-state index contributed by atoms with van der Waals surface area (Å²) in [6, 6.07) is 4.12. The monoisotopic (exact) mass is 292 g/mol. The van der Waals surface area contributed by atoms with Crippen LogP contribution in [0.15, 0.2) is 18.3 Å². The molecule has 1 N–H and O–H groups in total. The third-order valence-electron chi connectivity index (χ3n) is 3.49. The molecule has 0 spiro atoms. The van der Waals surface area contributed by atoms with Gasteiger partial charge in [-0.05, 0) is 31.5 Å². The van der Waals surface area contributed by atoms with Crippen LogP contribution in [0.3, 0.4) is 0 Å². The fourth-order valence-electron chi connectivity index (χ4n) is 2.41. The van der Waals surface area contributed by atoms with Crippen LogP contribution in [-0.2, 0) is 11.3 Å². The third-order valence-corrected chi connectivity index (χ3v) is 3.49. The Hall–Kier alpha value is -1.82. The first kappa shape index (κ1) is 15.6. The topological polar surface area (TPSA) is 57.7 Å². The first-order valence-electron chi connectivity index (χ1n) is 7.55. The minimum Gasteiger partial charge on any atom is -0.450 e. The van der Waals surface area contributed by atoms with Gasteiger partial charge in [-0.25, -0.2) is 9.78 Å². The van der Waals surface area contributed by atoms with Crippen LogP contribution in [-0.4, -0.2) is 60.2 Å². The Morgan fingerprint density at radius 1 is 1.33 bits per heavy atom. The SMILES string of the molecule is CCNc1cc(CN2CCN(C(=O)OCC)CC2)ccn1. The molecule has 0 saturated carbocycles. The largest absolute Gasteiger partial charge is 0.450 e. The van der Waals surface area contributed by atoms with Crippen molar-refractivity contribution in [2.45, 2.75) is 20.4 Å². The van der Waals surface area contributed by atoms with Crippen molar-refractivity contribution in [2.24, 2.45) is 0 Å². The van der Waals surface area contributed by atoms with E-state index in [1.54, 1.807) is 4.90 Å². The van der Waals surface area contributed by atoms with E-state index in [9.17, 15) is 4.79 Å². The lowest BCUT2D eigenvalue weighted by Gasteiger charge is -2.34. The van der Waals surface area contributed by atoms with Crippen molar-refractivity contribution in [1.29, 1.82) is 0 Å². The Morgan fingerprint density at radius 2 is 2.10 bits per heavy atom. The molecule has 1 saturated heterocycles. The van der Waals surface area contributed by atoms with Gasteiger partial charge in [0.25, 0.3) is 0 Å². The normalized spacial score (nSPS) is 15.8. The molecule has 0 aromatic carbocycles. The Balaban J connectivity index is 1.83. The van der Waals surface area contributed by atoms with Gasteiger partial charge in [-0.2, -0.15) is 0 Å². The molecule has 2 heterocycles. The number of amides is 1. The molecule has 21 heavy (non-hydrogen) atoms. The summed E-state index contributed by atoms with van der Waals surface area (Å²) in [6.07, 6.45) is 1.64. The lowest BCUT2D eigenvalue weighted by Crippen LogP contribution is -2.48. The Bertz CT molecular complexity index is 459. The number of pyridine rings is 1. The molecule has 116 valence electrons. The Kier molecular flexibility index (Phi) is 5.80. The minimum atomic E-state index is -0.199. The van der Waals surface area contributed by atoms with Crippen molar-refractivity contribution in [3.05, 3.63) is 23.9 Å². The van der Waals surface area contributed by atoms with Crippen LogP contribution in [0.1, 0.15) is 19.4 Å². The molecule has 2 rings (SSSR count). The van der Waals surface area contributed by atoms with E-state index in [1.165, 1.54) is 5.56 Å². The average molecular weight is 292 g/mol. The van der Waals surface area contributed by atoms with Gasteiger partial charge in [0, 0.05) is 45.5 Å². The quantitative estimate of drug-likeness (QED) is 0.896. The van der Waals surface area contributed by atoms with Gasteiger partial charge in [0.1, 0.15) is 5.82 Å². The van der Waals surface area contributed by atoms with Crippen LogP contribution < -0.4 is 5.32 Å². The van der Waals surface area contributed by atoms with Gasteiger partial charge in [0.2, 0.25) is 0 Å². The smallest absolute Gasteiger partial charge is 0.409 e. The molecule has 0 unspecified atom stereocenters. The second-order valence-corrected chi connectivity index (χ2v) is 5.04. The number of rotatable bonds is 5. The zero-order valence-corrected chi connectivity index (χ0v) is 12.8. The van der Waals surface area contributed by atoms with E-state index in [0.29, 0.717) is 6.61 Å². The molecule has 6 heteroatoms. The number of carbonyl (C=O) groups is 1. The highest BCUT2D eigenvalue weighted by Gasteiger charge is 2.21. The number of hydrogen-bond acceptors (Lipinski definition) is 5. The minimum absolute atomic E-state index is 0.199. The van der Waals surface area contributed by atoms with Gasteiger partial charge >= 0.3 is 6.09 Å². The van der Waals surface area contributed by atoms with E-state index >= 15 is 0 Å². The average Bonchev–Trinajstić information content (AvgIpc) is 2.49. The Morgan fingerprint density at radius 3 is 2.76 bits per heavy atom. The summed E-state index contributed by atoms with van der Waals surface area (Å²) in [5.41, 5.74) is 1.24. The number of piperazine rings is 1. The maximum Gasteiger partial charge on any atom is 0.409 e. The fourth-order valence-corrected chi connectivity index (χ4v) is 2.41. The maximum atomic E-state index is 11.6. The maximum absolute atomic E-state index is 11.6. The highest BCUT2D eigenvalue weighted by molar-refractivity contribution is 5.67. The van der Waals surface area contributed by atoms with E-state index in [-0.39, 0.29) is 6.09 Å². The highest BCUT2D eigenvalue weighted by Crippen LogP contribution is 2.12. The fraction of sp³-hybridized carbons (Fsp3) is 0.600. The molecule has 0 aliphatic carbocycles. The van der Waals surface area contributed by atoms with Crippen LogP contribution in [0, 0.1) is 0 Å². The third kappa shape index (κ3) is 4.60. The summed E-state index contributed by atoms with van der Waals surface area (Å²) < 4.78 is 5.03. The van der Waals surface area contributed by atoms with Gasteiger partial charge in [-0.15, -0.1) is 0 Å². The number of ether oxygens (including phenoxy) is 1. The summed E-state index contributed by atoms with van der Waals surface area (Å²) in [5.74, 6) is 0.917. The summed E-state index contributed by atoms with van der Waals surface area (Å²) in [4.78, 5) is 20.0. The summed E-state index contributed by atoms with van der Waals surface area (Å²) in [7, 11) is 0. The first-order chi connectivity index (χ1) is 10.2. The zero-order chi connectivity index (χ0) is 15.1. The molecule has 1 fully saturated rings. The van der Waals surface area contributed by atoms with E-state index < -0.39 is 0 Å². The van der Waals surface area contributed by atoms with Crippen molar-refractivity contribution in [3.8, 4) is 0 Å². The predicted octanol–water partition coefficient (Wildman–Crippen LogP) is 1.79. The van der Waals surface area contributed by atoms with E-state index in [2.05, 4.69) is 28.2 Å². The van der Waals surface area contributed by atoms with Crippen molar-refractivity contribution in [1.82, 2.24) is 14.8 Å².